The summed E-state index contributed by atoms with van der Waals surface area (Å²) in [5, 5.41) is 10.1. The molecule has 1 aromatic carbocycles. The van der Waals surface area contributed by atoms with Gasteiger partial charge < -0.3 is 9.84 Å². The summed E-state index contributed by atoms with van der Waals surface area (Å²) < 4.78 is 6.62. The van der Waals surface area contributed by atoms with E-state index in [-0.39, 0.29) is 0 Å². The van der Waals surface area contributed by atoms with E-state index in [1.165, 1.54) is 0 Å². The van der Waals surface area contributed by atoms with Crippen molar-refractivity contribution in [2.45, 2.75) is 39.2 Å². The fraction of sp³-hybridized carbons (Fsp3) is 0.429. The first-order valence-electron chi connectivity index (χ1n) is 6.43. The number of benzene rings is 1. The quantitative estimate of drug-likeness (QED) is 0.879. The van der Waals surface area contributed by atoms with Gasteiger partial charge in [0.15, 0.2) is 6.10 Å². The maximum atomic E-state index is 11.0. The number of thiazole rings is 1. The van der Waals surface area contributed by atoms with Gasteiger partial charge in [0.25, 0.3) is 0 Å². The standard InChI is InChI=1S/C14H17NO3S/c1-3-6-12-15-13-10(7-5-8-11(13)19-12)18-9(4-2)14(16)17/h5,7-9H,3-4,6H2,1-2H3,(H,16,17). The molecule has 1 atom stereocenters. The molecule has 0 amide bonds. The molecule has 0 radical (unpaired) electrons. The average Bonchev–Trinajstić information content (AvgIpc) is 2.79. The maximum Gasteiger partial charge on any atom is 0.344 e. The first-order chi connectivity index (χ1) is 9.15. The van der Waals surface area contributed by atoms with Crippen molar-refractivity contribution in [3.05, 3.63) is 23.2 Å². The number of fused-ring (bicyclic) bond motifs is 1. The van der Waals surface area contributed by atoms with E-state index in [1.807, 2.05) is 12.1 Å². The maximum absolute atomic E-state index is 11.0. The summed E-state index contributed by atoms with van der Waals surface area (Å²) in [6, 6.07) is 5.64. The first kappa shape index (κ1) is 13.8. The smallest absolute Gasteiger partial charge is 0.344 e. The Bertz CT molecular complexity index is 579. The highest BCUT2D eigenvalue weighted by atomic mass is 32.1. The van der Waals surface area contributed by atoms with Crippen LogP contribution in [0.15, 0.2) is 18.2 Å². The number of carboxylic acid groups (broad SMARTS) is 1. The number of rotatable bonds is 6. The Morgan fingerprint density at radius 2 is 2.26 bits per heavy atom. The molecule has 4 nitrogen and oxygen atoms in total. The predicted octanol–water partition coefficient (Wildman–Crippen LogP) is 3.49. The normalized spacial score (nSPS) is 12.5. The molecular weight excluding hydrogens is 262 g/mol. The zero-order valence-electron chi connectivity index (χ0n) is 11.0. The summed E-state index contributed by atoms with van der Waals surface area (Å²) in [4.78, 5) is 15.6. The molecule has 0 saturated carbocycles. The molecule has 0 fully saturated rings. The van der Waals surface area contributed by atoms with Gasteiger partial charge in [0, 0.05) is 0 Å². The van der Waals surface area contributed by atoms with Crippen molar-refractivity contribution in [3.63, 3.8) is 0 Å². The van der Waals surface area contributed by atoms with Crippen molar-refractivity contribution in [1.82, 2.24) is 4.98 Å². The Kier molecular flexibility index (Phi) is 4.37. The van der Waals surface area contributed by atoms with Crippen LogP contribution in [0.4, 0.5) is 0 Å². The van der Waals surface area contributed by atoms with E-state index in [2.05, 4.69) is 11.9 Å². The summed E-state index contributed by atoms with van der Waals surface area (Å²) in [5.74, 6) is -0.381. The Labute approximate surface area is 116 Å². The van der Waals surface area contributed by atoms with Gasteiger partial charge in [0.1, 0.15) is 11.3 Å². The molecule has 5 heteroatoms. The summed E-state index contributed by atoms with van der Waals surface area (Å²) in [5.41, 5.74) is 0.774. The van der Waals surface area contributed by atoms with Gasteiger partial charge in [-0.15, -0.1) is 11.3 Å². The van der Waals surface area contributed by atoms with Crippen LogP contribution in [-0.2, 0) is 11.2 Å². The first-order valence-corrected chi connectivity index (χ1v) is 7.25. The molecule has 0 spiro atoms. The zero-order chi connectivity index (χ0) is 13.8. The molecule has 0 aliphatic carbocycles. The Hall–Kier alpha value is -1.62. The summed E-state index contributed by atoms with van der Waals surface area (Å²) >= 11 is 1.64. The largest absolute Gasteiger partial charge is 0.479 e. The Morgan fingerprint density at radius 3 is 2.89 bits per heavy atom. The van der Waals surface area contributed by atoms with Gasteiger partial charge in [-0.05, 0) is 31.4 Å². The second-order valence-electron chi connectivity index (χ2n) is 4.31. The van der Waals surface area contributed by atoms with E-state index in [9.17, 15) is 4.79 Å². The van der Waals surface area contributed by atoms with Crippen molar-refractivity contribution in [2.24, 2.45) is 0 Å². The second kappa shape index (κ2) is 6.02. The lowest BCUT2D eigenvalue weighted by Crippen LogP contribution is -2.25. The van der Waals surface area contributed by atoms with E-state index >= 15 is 0 Å². The van der Waals surface area contributed by atoms with Gasteiger partial charge in [-0.2, -0.15) is 0 Å². The van der Waals surface area contributed by atoms with E-state index in [0.717, 1.165) is 28.1 Å². The molecule has 1 heterocycles. The molecule has 102 valence electrons. The van der Waals surface area contributed by atoms with Crippen molar-refractivity contribution in [2.75, 3.05) is 0 Å². The minimum absolute atomic E-state index is 0.428. The van der Waals surface area contributed by atoms with Crippen LogP contribution in [0.25, 0.3) is 10.2 Å². The van der Waals surface area contributed by atoms with Crippen molar-refractivity contribution in [3.8, 4) is 5.75 Å². The lowest BCUT2D eigenvalue weighted by Gasteiger charge is -2.13. The highest BCUT2D eigenvalue weighted by molar-refractivity contribution is 7.18. The SMILES string of the molecule is CCCc1nc2c(OC(CC)C(=O)O)cccc2s1. The fourth-order valence-corrected chi connectivity index (χ4v) is 2.93. The zero-order valence-corrected chi connectivity index (χ0v) is 11.9. The van der Waals surface area contributed by atoms with E-state index in [4.69, 9.17) is 9.84 Å². The van der Waals surface area contributed by atoms with Crippen LogP contribution >= 0.6 is 11.3 Å². The highest BCUT2D eigenvalue weighted by Crippen LogP contribution is 2.31. The predicted molar refractivity (Wildman–Crippen MR) is 76.0 cm³/mol. The Morgan fingerprint density at radius 1 is 1.47 bits per heavy atom. The number of hydrogen-bond donors (Lipinski definition) is 1. The molecule has 2 rings (SSSR count). The van der Waals surface area contributed by atoms with Gasteiger partial charge in [-0.25, -0.2) is 9.78 Å². The average molecular weight is 279 g/mol. The lowest BCUT2D eigenvalue weighted by molar-refractivity contribution is -0.145. The van der Waals surface area contributed by atoms with Gasteiger partial charge >= 0.3 is 5.97 Å². The van der Waals surface area contributed by atoms with Crippen LogP contribution in [0, 0.1) is 0 Å². The summed E-state index contributed by atoms with van der Waals surface area (Å²) in [6.45, 7) is 3.91. The van der Waals surface area contributed by atoms with Crippen molar-refractivity contribution < 1.29 is 14.6 Å². The number of aliphatic carboxylic acids is 1. The van der Waals surface area contributed by atoms with Crippen LogP contribution in [0.5, 0.6) is 5.75 Å². The third-order valence-corrected chi connectivity index (χ3v) is 3.89. The van der Waals surface area contributed by atoms with Crippen LogP contribution < -0.4 is 4.74 Å². The van der Waals surface area contributed by atoms with E-state index in [0.29, 0.717) is 12.2 Å². The molecular formula is C14H17NO3S. The number of aromatic nitrogens is 1. The molecule has 0 saturated heterocycles. The molecule has 19 heavy (non-hydrogen) atoms. The Balaban J connectivity index is 2.34. The summed E-state index contributed by atoms with van der Waals surface area (Å²) in [6.07, 6.45) is 1.59. The van der Waals surface area contributed by atoms with Crippen LogP contribution in [-0.4, -0.2) is 22.2 Å². The third kappa shape index (κ3) is 3.04. The minimum atomic E-state index is -0.941. The van der Waals surface area contributed by atoms with E-state index < -0.39 is 12.1 Å². The highest BCUT2D eigenvalue weighted by Gasteiger charge is 2.19. The van der Waals surface area contributed by atoms with Crippen LogP contribution in [0.1, 0.15) is 31.7 Å². The number of aryl methyl sites for hydroxylation is 1. The fourth-order valence-electron chi connectivity index (χ4n) is 1.85. The molecule has 0 aliphatic rings. The number of carbonyl (C=O) groups is 1. The van der Waals surface area contributed by atoms with Gasteiger partial charge in [0.2, 0.25) is 0 Å². The molecule has 2 aromatic rings. The molecule has 1 aromatic heterocycles. The topological polar surface area (TPSA) is 59.4 Å². The third-order valence-electron chi connectivity index (χ3n) is 2.81. The number of hydrogen-bond acceptors (Lipinski definition) is 4. The number of carboxylic acids is 1. The molecule has 1 N–H and O–H groups in total. The number of ether oxygens (including phenoxy) is 1. The van der Waals surface area contributed by atoms with Gasteiger partial charge in [0.05, 0.1) is 9.71 Å². The molecule has 0 aliphatic heterocycles. The molecule has 0 bridgehead atoms. The number of nitrogens with zero attached hydrogens (tertiary/aromatic N) is 1. The van der Waals surface area contributed by atoms with Crippen LogP contribution in [0.3, 0.4) is 0 Å². The monoisotopic (exact) mass is 279 g/mol. The molecule has 1 unspecified atom stereocenters. The van der Waals surface area contributed by atoms with Gasteiger partial charge in [-0.1, -0.05) is 19.9 Å². The van der Waals surface area contributed by atoms with Gasteiger partial charge in [-0.3, -0.25) is 0 Å². The second-order valence-corrected chi connectivity index (χ2v) is 5.43. The van der Waals surface area contributed by atoms with E-state index in [1.54, 1.807) is 24.3 Å². The van der Waals surface area contributed by atoms with Crippen molar-refractivity contribution >= 4 is 27.5 Å². The number of para-hydroxylation sites is 1. The van der Waals surface area contributed by atoms with Crippen molar-refractivity contribution in [1.29, 1.82) is 0 Å². The summed E-state index contributed by atoms with van der Waals surface area (Å²) in [7, 11) is 0. The van der Waals surface area contributed by atoms with Crippen LogP contribution in [0.2, 0.25) is 0 Å². The minimum Gasteiger partial charge on any atom is -0.479 e. The lowest BCUT2D eigenvalue weighted by atomic mass is 10.2.